The Labute approximate surface area is 182 Å². The molecule has 1 fully saturated rings. The molecule has 0 aromatic heterocycles. The lowest BCUT2D eigenvalue weighted by Crippen LogP contribution is -2.44. The van der Waals surface area contributed by atoms with Crippen molar-refractivity contribution in [2.24, 2.45) is 5.92 Å². The van der Waals surface area contributed by atoms with Crippen LogP contribution in [-0.2, 0) is 14.3 Å². The summed E-state index contributed by atoms with van der Waals surface area (Å²) >= 11 is 0. The molecule has 2 aromatic rings. The number of alkyl carbamates (subject to hydrolysis) is 1. The van der Waals surface area contributed by atoms with Crippen molar-refractivity contribution < 1.29 is 24.2 Å². The number of nitrogens with one attached hydrogen (secondary N) is 1. The highest BCUT2D eigenvalue weighted by Gasteiger charge is 2.30. The van der Waals surface area contributed by atoms with E-state index in [1.54, 1.807) is 0 Å². The topological polar surface area (TPSA) is 84.9 Å². The van der Waals surface area contributed by atoms with Gasteiger partial charge in [-0.1, -0.05) is 67.8 Å². The number of carboxylic acid groups (broad SMARTS) is 1. The molecule has 2 N–H and O–H groups in total. The van der Waals surface area contributed by atoms with Crippen molar-refractivity contribution in [3.05, 3.63) is 59.7 Å². The second kappa shape index (κ2) is 9.96. The van der Waals surface area contributed by atoms with Crippen LogP contribution in [0.4, 0.5) is 4.79 Å². The smallest absolute Gasteiger partial charge is 0.407 e. The molecule has 6 nitrogen and oxygen atoms in total. The monoisotopic (exact) mass is 423 g/mol. The van der Waals surface area contributed by atoms with E-state index in [0.29, 0.717) is 12.5 Å². The van der Waals surface area contributed by atoms with Gasteiger partial charge in [-0.25, -0.2) is 9.59 Å². The van der Waals surface area contributed by atoms with Gasteiger partial charge in [-0.2, -0.15) is 0 Å². The largest absolute Gasteiger partial charge is 0.480 e. The maximum atomic E-state index is 12.4. The lowest BCUT2D eigenvalue weighted by atomic mass is 9.90. The fourth-order valence-electron chi connectivity index (χ4n) is 4.66. The van der Waals surface area contributed by atoms with Crippen molar-refractivity contribution in [3.8, 4) is 11.1 Å². The molecule has 164 valence electrons. The van der Waals surface area contributed by atoms with Gasteiger partial charge >= 0.3 is 12.1 Å². The molecule has 0 saturated heterocycles. The summed E-state index contributed by atoms with van der Waals surface area (Å²) in [4.78, 5) is 23.9. The maximum absolute atomic E-state index is 12.4. The number of fused-ring (bicyclic) bond motifs is 3. The lowest BCUT2D eigenvalue weighted by Gasteiger charge is -2.22. The van der Waals surface area contributed by atoms with Gasteiger partial charge in [0.25, 0.3) is 0 Å². The molecule has 2 aliphatic carbocycles. The first kappa shape index (κ1) is 21.4. The van der Waals surface area contributed by atoms with Gasteiger partial charge < -0.3 is 19.9 Å². The summed E-state index contributed by atoms with van der Waals surface area (Å²) in [5.41, 5.74) is 4.52. The number of carboxylic acids is 1. The molecule has 4 rings (SSSR count). The number of carbonyl (C=O) groups excluding carboxylic acids is 1. The minimum atomic E-state index is -1.13. The number of aliphatic carboxylic acids is 1. The maximum Gasteiger partial charge on any atom is 0.407 e. The molecule has 0 aliphatic heterocycles. The van der Waals surface area contributed by atoms with E-state index in [1.165, 1.54) is 19.3 Å². The summed E-state index contributed by atoms with van der Waals surface area (Å²) in [5.74, 6) is -0.709. The summed E-state index contributed by atoms with van der Waals surface area (Å²) in [7, 11) is 0. The van der Waals surface area contributed by atoms with Gasteiger partial charge in [0.15, 0.2) is 6.04 Å². The molecule has 2 aliphatic rings. The molecule has 0 spiro atoms. The SMILES string of the molecule is O=C(N[C@@H](COCC1CCCCC1)C(=O)O)OCC1c2ccccc2-c2ccccc21. The normalized spacial score (nSPS) is 16.9. The average Bonchev–Trinajstić information content (AvgIpc) is 3.11. The molecule has 31 heavy (non-hydrogen) atoms. The third-order valence-electron chi connectivity index (χ3n) is 6.30. The van der Waals surface area contributed by atoms with Crippen LogP contribution < -0.4 is 5.32 Å². The summed E-state index contributed by atoms with van der Waals surface area (Å²) in [6, 6.07) is 15.0. The van der Waals surface area contributed by atoms with Crippen LogP contribution in [0, 0.1) is 5.92 Å². The first-order chi connectivity index (χ1) is 15.1. The number of hydrogen-bond acceptors (Lipinski definition) is 4. The Morgan fingerprint density at radius 3 is 2.16 bits per heavy atom. The van der Waals surface area contributed by atoms with Gasteiger partial charge in [-0.3, -0.25) is 0 Å². The first-order valence-electron chi connectivity index (χ1n) is 11.1. The summed E-state index contributed by atoms with van der Waals surface area (Å²) in [5, 5.41) is 11.9. The predicted octanol–water partition coefficient (Wildman–Crippen LogP) is 4.58. The van der Waals surface area contributed by atoms with Gasteiger partial charge in [-0.05, 0) is 41.0 Å². The van der Waals surface area contributed by atoms with Crippen LogP contribution in [-0.4, -0.2) is 43.0 Å². The molecule has 0 bridgehead atoms. The van der Waals surface area contributed by atoms with E-state index in [9.17, 15) is 14.7 Å². The first-order valence-corrected chi connectivity index (χ1v) is 11.1. The Balaban J connectivity index is 1.31. The van der Waals surface area contributed by atoms with Gasteiger partial charge in [0.2, 0.25) is 0 Å². The van der Waals surface area contributed by atoms with Crippen molar-refractivity contribution >= 4 is 12.1 Å². The molecule has 6 heteroatoms. The molecular formula is C25H29NO5. The molecule has 0 unspecified atom stereocenters. The second-order valence-corrected chi connectivity index (χ2v) is 8.40. The molecule has 1 saturated carbocycles. The zero-order chi connectivity index (χ0) is 21.6. The third kappa shape index (κ3) is 5.07. The van der Waals surface area contributed by atoms with Gasteiger partial charge in [-0.15, -0.1) is 0 Å². The van der Waals surface area contributed by atoms with Crippen molar-refractivity contribution in [2.45, 2.75) is 44.1 Å². The predicted molar refractivity (Wildman–Crippen MR) is 117 cm³/mol. The molecule has 1 atom stereocenters. The van der Waals surface area contributed by atoms with Gasteiger partial charge in [0.1, 0.15) is 6.61 Å². The lowest BCUT2D eigenvalue weighted by molar-refractivity contribution is -0.141. The number of benzene rings is 2. The van der Waals surface area contributed by atoms with Crippen LogP contribution in [0.2, 0.25) is 0 Å². The molecule has 1 amide bonds. The van der Waals surface area contributed by atoms with E-state index < -0.39 is 18.1 Å². The van der Waals surface area contributed by atoms with Crippen molar-refractivity contribution in [1.29, 1.82) is 0 Å². The summed E-state index contributed by atoms with van der Waals surface area (Å²) < 4.78 is 11.1. The highest BCUT2D eigenvalue weighted by molar-refractivity contribution is 5.81. The van der Waals surface area contributed by atoms with Gasteiger partial charge in [0, 0.05) is 12.5 Å². The minimum absolute atomic E-state index is 0.0595. The van der Waals surface area contributed by atoms with Crippen LogP contribution in [0.1, 0.15) is 49.1 Å². The highest BCUT2D eigenvalue weighted by Crippen LogP contribution is 2.44. The standard InChI is InChI=1S/C25H29NO5/c27-24(28)23(16-30-14-17-8-2-1-3-9-17)26-25(29)31-15-22-20-12-6-4-10-18(20)19-11-5-7-13-21(19)22/h4-7,10-13,17,22-23H,1-3,8-9,14-16H2,(H,26,29)(H,27,28)/t23-/m0/s1. The van der Waals surface area contributed by atoms with Crippen LogP contribution in [0.3, 0.4) is 0 Å². The van der Waals surface area contributed by atoms with E-state index in [4.69, 9.17) is 9.47 Å². The minimum Gasteiger partial charge on any atom is -0.480 e. The molecule has 0 heterocycles. The van der Waals surface area contributed by atoms with E-state index in [0.717, 1.165) is 35.1 Å². The zero-order valence-electron chi connectivity index (χ0n) is 17.6. The Morgan fingerprint density at radius 1 is 0.935 bits per heavy atom. The third-order valence-corrected chi connectivity index (χ3v) is 6.30. The molecular weight excluding hydrogens is 394 g/mol. The van der Waals surface area contributed by atoms with Crippen LogP contribution in [0.5, 0.6) is 0 Å². The van der Waals surface area contributed by atoms with Crippen LogP contribution in [0.25, 0.3) is 11.1 Å². The van der Waals surface area contributed by atoms with Crippen molar-refractivity contribution in [1.82, 2.24) is 5.32 Å². The van der Waals surface area contributed by atoms with Gasteiger partial charge in [0.05, 0.1) is 6.61 Å². The fourth-order valence-corrected chi connectivity index (χ4v) is 4.66. The Morgan fingerprint density at radius 2 is 1.55 bits per heavy atom. The highest BCUT2D eigenvalue weighted by atomic mass is 16.5. The molecule has 0 radical (unpaired) electrons. The number of rotatable bonds is 8. The van der Waals surface area contributed by atoms with E-state index in [2.05, 4.69) is 17.4 Å². The van der Waals surface area contributed by atoms with Crippen molar-refractivity contribution in [2.75, 3.05) is 19.8 Å². The van der Waals surface area contributed by atoms with Crippen LogP contribution in [0.15, 0.2) is 48.5 Å². The molecule has 2 aromatic carbocycles. The number of hydrogen-bond donors (Lipinski definition) is 2. The van der Waals surface area contributed by atoms with E-state index >= 15 is 0 Å². The quantitative estimate of drug-likeness (QED) is 0.649. The Bertz CT molecular complexity index is 876. The average molecular weight is 424 g/mol. The summed E-state index contributed by atoms with van der Waals surface area (Å²) in [6.07, 6.45) is 5.17. The van der Waals surface area contributed by atoms with E-state index in [1.807, 2.05) is 36.4 Å². The number of ether oxygens (including phenoxy) is 2. The number of amides is 1. The Hall–Kier alpha value is -2.86. The Kier molecular flexibility index (Phi) is 6.87. The summed E-state index contributed by atoms with van der Waals surface area (Å²) in [6.45, 7) is 0.626. The van der Waals surface area contributed by atoms with E-state index in [-0.39, 0.29) is 19.1 Å². The second-order valence-electron chi connectivity index (χ2n) is 8.40. The van der Waals surface area contributed by atoms with Crippen LogP contribution >= 0.6 is 0 Å². The number of carbonyl (C=O) groups is 2. The zero-order valence-corrected chi connectivity index (χ0v) is 17.6. The van der Waals surface area contributed by atoms with Crippen molar-refractivity contribution in [3.63, 3.8) is 0 Å². The fraction of sp³-hybridized carbons (Fsp3) is 0.440.